The van der Waals surface area contributed by atoms with Gasteiger partial charge in [0.2, 0.25) is 21.8 Å². The maximum absolute atomic E-state index is 14.9. The van der Waals surface area contributed by atoms with Crippen LogP contribution in [-0.4, -0.2) is 50.5 Å². The summed E-state index contributed by atoms with van der Waals surface area (Å²) >= 11 is 0. The number of unbranched alkanes of at least 4 members (excludes halogenated alkanes) is 1. The number of anilines is 1. The molecule has 0 radical (unpaired) electrons. The summed E-state index contributed by atoms with van der Waals surface area (Å²) in [5.41, 5.74) is 1.39. The summed E-state index contributed by atoms with van der Waals surface area (Å²) in [6, 6.07) is 26.9. The van der Waals surface area contributed by atoms with Crippen LogP contribution in [-0.2, 0) is 32.6 Å². The Bertz CT molecular complexity index is 1620. The van der Waals surface area contributed by atoms with Crippen molar-refractivity contribution >= 4 is 38.3 Å². The third-order valence-corrected chi connectivity index (χ3v) is 8.24. The van der Waals surface area contributed by atoms with Gasteiger partial charge in [-0.05, 0) is 29.5 Å². The standard InChI is InChI=1S/C33H36FN3O4S/c1-3-4-21-35-33(39)31(22-25-13-6-5-7-14-25)36(23-27-16-9-11-19-29(27)34)32(38)24-37(42(2,40)41)30-20-12-17-26-15-8-10-18-28(26)30/h5-20,31H,3-4,21-24H2,1-2H3,(H,35,39). The molecule has 42 heavy (non-hydrogen) atoms. The molecule has 0 aromatic heterocycles. The van der Waals surface area contributed by atoms with Crippen molar-refractivity contribution in [3.8, 4) is 0 Å². The first kappa shape index (κ1) is 30.7. The Morgan fingerprint density at radius 3 is 2.26 bits per heavy atom. The Labute approximate surface area is 247 Å². The van der Waals surface area contributed by atoms with Gasteiger partial charge in [0.05, 0.1) is 11.9 Å². The van der Waals surface area contributed by atoms with Crippen LogP contribution in [0.5, 0.6) is 0 Å². The van der Waals surface area contributed by atoms with E-state index in [1.165, 1.54) is 11.0 Å². The number of benzene rings is 4. The third kappa shape index (κ3) is 7.73. The number of hydrogen-bond acceptors (Lipinski definition) is 4. The summed E-state index contributed by atoms with van der Waals surface area (Å²) in [6.07, 6.45) is 2.85. The number of rotatable bonds is 13. The Morgan fingerprint density at radius 2 is 1.55 bits per heavy atom. The van der Waals surface area contributed by atoms with Gasteiger partial charge in [0, 0.05) is 30.5 Å². The lowest BCUT2D eigenvalue weighted by Gasteiger charge is -2.33. The van der Waals surface area contributed by atoms with E-state index in [4.69, 9.17) is 0 Å². The topological polar surface area (TPSA) is 86.8 Å². The Hall–Kier alpha value is -4.24. The van der Waals surface area contributed by atoms with E-state index in [1.807, 2.05) is 55.5 Å². The molecule has 0 spiro atoms. The number of nitrogens with one attached hydrogen (secondary N) is 1. The van der Waals surface area contributed by atoms with Crippen molar-refractivity contribution in [1.82, 2.24) is 10.2 Å². The van der Waals surface area contributed by atoms with E-state index in [9.17, 15) is 22.4 Å². The average Bonchev–Trinajstić information content (AvgIpc) is 2.98. The van der Waals surface area contributed by atoms with Crippen LogP contribution in [0.25, 0.3) is 10.8 Å². The number of amides is 2. The van der Waals surface area contributed by atoms with E-state index in [1.54, 1.807) is 42.5 Å². The van der Waals surface area contributed by atoms with Crippen molar-refractivity contribution in [3.63, 3.8) is 0 Å². The summed E-state index contributed by atoms with van der Waals surface area (Å²) in [4.78, 5) is 29.2. The SMILES string of the molecule is CCCCNC(=O)C(Cc1ccccc1)N(Cc1ccccc1F)C(=O)CN(c1cccc2ccccc12)S(C)(=O)=O. The lowest BCUT2D eigenvalue weighted by molar-refractivity contribution is -0.140. The van der Waals surface area contributed by atoms with Gasteiger partial charge in [0.25, 0.3) is 0 Å². The molecule has 4 rings (SSSR count). The highest BCUT2D eigenvalue weighted by atomic mass is 32.2. The molecular weight excluding hydrogens is 553 g/mol. The van der Waals surface area contributed by atoms with Crippen LogP contribution in [0.2, 0.25) is 0 Å². The minimum Gasteiger partial charge on any atom is -0.354 e. The molecule has 0 bridgehead atoms. The number of fused-ring (bicyclic) bond motifs is 1. The van der Waals surface area contributed by atoms with Crippen LogP contribution < -0.4 is 9.62 Å². The molecule has 0 aliphatic rings. The molecule has 0 fully saturated rings. The molecule has 4 aromatic carbocycles. The van der Waals surface area contributed by atoms with Crippen molar-refractivity contribution < 1.29 is 22.4 Å². The molecule has 220 valence electrons. The summed E-state index contributed by atoms with van der Waals surface area (Å²) in [7, 11) is -3.93. The second-order valence-corrected chi connectivity index (χ2v) is 12.1. The first-order valence-electron chi connectivity index (χ1n) is 14.0. The first-order valence-corrected chi connectivity index (χ1v) is 15.8. The van der Waals surface area contributed by atoms with Gasteiger partial charge in [0.1, 0.15) is 18.4 Å². The Morgan fingerprint density at radius 1 is 0.881 bits per heavy atom. The lowest BCUT2D eigenvalue weighted by atomic mass is 10.0. The molecule has 7 nitrogen and oxygen atoms in total. The normalized spacial score (nSPS) is 12.1. The largest absolute Gasteiger partial charge is 0.354 e. The molecule has 1 N–H and O–H groups in total. The summed E-state index contributed by atoms with van der Waals surface area (Å²) in [5.74, 6) is -1.52. The van der Waals surface area contributed by atoms with E-state index >= 15 is 0 Å². The fraction of sp³-hybridized carbons (Fsp3) is 0.273. The highest BCUT2D eigenvalue weighted by Gasteiger charge is 2.33. The molecule has 0 heterocycles. The number of carbonyl (C=O) groups excluding carboxylic acids is 2. The number of hydrogen-bond donors (Lipinski definition) is 1. The maximum atomic E-state index is 14.9. The highest BCUT2D eigenvalue weighted by molar-refractivity contribution is 7.92. The molecule has 1 unspecified atom stereocenters. The van der Waals surface area contributed by atoms with Crippen LogP contribution >= 0.6 is 0 Å². The van der Waals surface area contributed by atoms with Crippen molar-refractivity contribution in [3.05, 3.63) is 114 Å². The summed E-state index contributed by atoms with van der Waals surface area (Å²) in [6.45, 7) is 1.66. The van der Waals surface area contributed by atoms with Gasteiger partial charge in [-0.15, -0.1) is 0 Å². The van der Waals surface area contributed by atoms with E-state index in [0.717, 1.165) is 34.4 Å². The minimum absolute atomic E-state index is 0.173. The second-order valence-electron chi connectivity index (χ2n) is 10.2. The van der Waals surface area contributed by atoms with E-state index in [0.29, 0.717) is 17.6 Å². The van der Waals surface area contributed by atoms with Crippen LogP contribution in [0, 0.1) is 5.82 Å². The van der Waals surface area contributed by atoms with Gasteiger partial charge in [0.15, 0.2) is 0 Å². The Balaban J connectivity index is 1.77. The fourth-order valence-electron chi connectivity index (χ4n) is 4.89. The molecule has 0 aliphatic carbocycles. The summed E-state index contributed by atoms with van der Waals surface area (Å²) < 4.78 is 42.2. The molecule has 2 amide bonds. The monoisotopic (exact) mass is 589 g/mol. The van der Waals surface area contributed by atoms with Crippen LogP contribution in [0.15, 0.2) is 97.1 Å². The van der Waals surface area contributed by atoms with Crippen LogP contribution in [0.3, 0.4) is 0 Å². The third-order valence-electron chi connectivity index (χ3n) is 7.11. The van der Waals surface area contributed by atoms with Gasteiger partial charge in [-0.3, -0.25) is 13.9 Å². The first-order chi connectivity index (χ1) is 20.2. The molecule has 0 saturated heterocycles. The van der Waals surface area contributed by atoms with E-state index in [2.05, 4.69) is 5.32 Å². The van der Waals surface area contributed by atoms with E-state index in [-0.39, 0.29) is 24.4 Å². The zero-order valence-corrected chi connectivity index (χ0v) is 24.7. The van der Waals surface area contributed by atoms with Crippen molar-refractivity contribution in [2.45, 2.75) is 38.8 Å². The number of halogens is 1. The van der Waals surface area contributed by atoms with Gasteiger partial charge < -0.3 is 10.2 Å². The molecule has 0 saturated carbocycles. The van der Waals surface area contributed by atoms with Crippen molar-refractivity contribution in [1.29, 1.82) is 0 Å². The van der Waals surface area contributed by atoms with Gasteiger partial charge >= 0.3 is 0 Å². The van der Waals surface area contributed by atoms with Gasteiger partial charge in [-0.25, -0.2) is 12.8 Å². The number of sulfonamides is 1. The fourth-order valence-corrected chi connectivity index (χ4v) is 5.75. The predicted molar refractivity (Wildman–Crippen MR) is 165 cm³/mol. The Kier molecular flexibility index (Phi) is 10.3. The van der Waals surface area contributed by atoms with Gasteiger partial charge in [-0.1, -0.05) is 98.3 Å². The lowest BCUT2D eigenvalue weighted by Crippen LogP contribution is -2.53. The van der Waals surface area contributed by atoms with Crippen LogP contribution in [0.1, 0.15) is 30.9 Å². The molecule has 9 heteroatoms. The molecule has 1 atom stereocenters. The second kappa shape index (κ2) is 14.1. The molecule has 0 aliphatic heterocycles. The smallest absolute Gasteiger partial charge is 0.244 e. The van der Waals surface area contributed by atoms with Crippen LogP contribution in [0.4, 0.5) is 10.1 Å². The highest BCUT2D eigenvalue weighted by Crippen LogP contribution is 2.29. The van der Waals surface area contributed by atoms with Crippen molar-refractivity contribution in [2.24, 2.45) is 0 Å². The average molecular weight is 590 g/mol. The molecular formula is C33H36FN3O4S. The molecule has 4 aromatic rings. The number of nitrogens with zero attached hydrogens (tertiary/aromatic N) is 2. The minimum atomic E-state index is -3.93. The summed E-state index contributed by atoms with van der Waals surface area (Å²) in [5, 5.41) is 4.40. The van der Waals surface area contributed by atoms with E-state index < -0.39 is 34.3 Å². The predicted octanol–water partition coefficient (Wildman–Crippen LogP) is 5.30. The van der Waals surface area contributed by atoms with Gasteiger partial charge in [-0.2, -0.15) is 0 Å². The number of carbonyl (C=O) groups is 2. The zero-order chi connectivity index (χ0) is 30.1. The van der Waals surface area contributed by atoms with Crippen molar-refractivity contribution in [2.75, 3.05) is 23.7 Å². The maximum Gasteiger partial charge on any atom is 0.244 e. The zero-order valence-electron chi connectivity index (χ0n) is 23.9. The quantitative estimate of drug-likeness (QED) is 0.215.